The minimum atomic E-state index is -0.234. The summed E-state index contributed by atoms with van der Waals surface area (Å²) in [7, 11) is 0. The number of aromatic nitrogens is 1. The molecule has 3 rings (SSSR count). The van der Waals surface area contributed by atoms with Crippen molar-refractivity contribution in [2.45, 2.75) is 19.3 Å². The van der Waals surface area contributed by atoms with E-state index in [1.54, 1.807) is 18.3 Å². The van der Waals surface area contributed by atoms with E-state index >= 15 is 0 Å². The molecule has 0 radical (unpaired) electrons. The summed E-state index contributed by atoms with van der Waals surface area (Å²) in [5.41, 5.74) is 2.27. The van der Waals surface area contributed by atoms with Gasteiger partial charge in [0.05, 0.1) is 16.9 Å². The zero-order valence-corrected chi connectivity index (χ0v) is 13.0. The van der Waals surface area contributed by atoms with E-state index in [1.807, 2.05) is 24.3 Å². The molecule has 1 fully saturated rings. The number of hydrogen-bond donors (Lipinski definition) is 1. The molecule has 1 saturated heterocycles. The summed E-state index contributed by atoms with van der Waals surface area (Å²) in [6.07, 6.45) is 5.23. The lowest BCUT2D eigenvalue weighted by molar-refractivity contribution is 0.102. The van der Waals surface area contributed by atoms with Gasteiger partial charge < -0.3 is 10.2 Å². The van der Waals surface area contributed by atoms with Crippen LogP contribution in [-0.2, 0) is 0 Å². The maximum Gasteiger partial charge on any atom is 0.258 e. The summed E-state index contributed by atoms with van der Waals surface area (Å²) >= 11 is 5.99. The van der Waals surface area contributed by atoms with Gasteiger partial charge in [0.25, 0.3) is 5.91 Å². The number of nitrogens with one attached hydrogen (secondary N) is 1. The highest BCUT2D eigenvalue weighted by atomic mass is 35.5. The molecule has 0 atom stereocenters. The molecule has 0 unspecified atom stereocenters. The molecule has 0 saturated carbocycles. The normalized spacial score (nSPS) is 14.7. The Labute approximate surface area is 135 Å². The van der Waals surface area contributed by atoms with Crippen LogP contribution in [0.3, 0.4) is 0 Å². The molecule has 1 aliphatic rings. The van der Waals surface area contributed by atoms with Crippen LogP contribution in [0.2, 0.25) is 5.15 Å². The number of para-hydroxylation sites is 2. The van der Waals surface area contributed by atoms with Crippen molar-refractivity contribution in [2.24, 2.45) is 0 Å². The SMILES string of the molecule is O=C(Nc1ccccc1N1CCCCC1)c1cccnc1Cl. The first-order valence-corrected chi connectivity index (χ1v) is 7.89. The molecule has 0 aliphatic carbocycles. The van der Waals surface area contributed by atoms with Gasteiger partial charge in [0.15, 0.2) is 0 Å². The second-order valence-corrected chi connectivity index (χ2v) is 5.72. The number of nitrogens with zero attached hydrogens (tertiary/aromatic N) is 2. The van der Waals surface area contributed by atoms with Gasteiger partial charge in [0.1, 0.15) is 5.15 Å². The molecule has 0 spiro atoms. The van der Waals surface area contributed by atoms with Crippen LogP contribution >= 0.6 is 11.6 Å². The molecule has 114 valence electrons. The van der Waals surface area contributed by atoms with Crippen LogP contribution in [-0.4, -0.2) is 24.0 Å². The maximum absolute atomic E-state index is 12.4. The second-order valence-electron chi connectivity index (χ2n) is 5.36. The molecule has 2 aromatic rings. The van der Waals surface area contributed by atoms with Gasteiger partial charge in [-0.15, -0.1) is 0 Å². The number of pyridine rings is 1. The lowest BCUT2D eigenvalue weighted by Crippen LogP contribution is -2.30. The third-order valence-electron chi connectivity index (χ3n) is 3.85. The minimum Gasteiger partial charge on any atom is -0.370 e. The van der Waals surface area contributed by atoms with Gasteiger partial charge in [-0.3, -0.25) is 4.79 Å². The highest BCUT2D eigenvalue weighted by Crippen LogP contribution is 2.29. The van der Waals surface area contributed by atoms with Gasteiger partial charge >= 0.3 is 0 Å². The molecule has 0 bridgehead atoms. The number of piperidine rings is 1. The Bertz CT molecular complexity index is 668. The van der Waals surface area contributed by atoms with Gasteiger partial charge in [-0.05, 0) is 43.5 Å². The monoisotopic (exact) mass is 315 g/mol. The average Bonchev–Trinajstić information content (AvgIpc) is 2.56. The van der Waals surface area contributed by atoms with E-state index in [0.717, 1.165) is 24.5 Å². The van der Waals surface area contributed by atoms with Crippen LogP contribution in [0.25, 0.3) is 0 Å². The second kappa shape index (κ2) is 6.79. The van der Waals surface area contributed by atoms with Crippen molar-refractivity contribution < 1.29 is 4.79 Å². The van der Waals surface area contributed by atoms with Crippen molar-refractivity contribution >= 4 is 28.9 Å². The fourth-order valence-electron chi connectivity index (χ4n) is 2.73. The largest absolute Gasteiger partial charge is 0.370 e. The summed E-state index contributed by atoms with van der Waals surface area (Å²) in [5.74, 6) is -0.234. The number of rotatable bonds is 3. The minimum absolute atomic E-state index is 0.218. The summed E-state index contributed by atoms with van der Waals surface area (Å²) in [5, 5.41) is 3.18. The average molecular weight is 316 g/mol. The smallest absolute Gasteiger partial charge is 0.258 e. The number of amides is 1. The van der Waals surface area contributed by atoms with Crippen LogP contribution in [0.4, 0.5) is 11.4 Å². The predicted molar refractivity (Wildman–Crippen MR) is 89.7 cm³/mol. The van der Waals surface area contributed by atoms with Gasteiger partial charge in [0, 0.05) is 19.3 Å². The third-order valence-corrected chi connectivity index (χ3v) is 4.15. The molecular weight excluding hydrogens is 298 g/mol. The van der Waals surface area contributed by atoms with Crippen molar-refractivity contribution in [1.29, 1.82) is 0 Å². The molecule has 1 amide bonds. The first-order valence-electron chi connectivity index (χ1n) is 7.51. The Kier molecular flexibility index (Phi) is 4.59. The van der Waals surface area contributed by atoms with Crippen molar-refractivity contribution in [3.05, 3.63) is 53.3 Å². The summed E-state index contributed by atoms with van der Waals surface area (Å²) in [6, 6.07) is 11.3. The van der Waals surface area contributed by atoms with E-state index in [1.165, 1.54) is 19.3 Å². The van der Waals surface area contributed by atoms with Crippen LogP contribution in [0.1, 0.15) is 29.6 Å². The molecule has 5 heteroatoms. The van der Waals surface area contributed by atoms with E-state index < -0.39 is 0 Å². The first-order chi connectivity index (χ1) is 10.8. The topological polar surface area (TPSA) is 45.2 Å². The predicted octanol–water partition coefficient (Wildman–Crippen LogP) is 3.98. The van der Waals surface area contributed by atoms with Crippen molar-refractivity contribution in [3.63, 3.8) is 0 Å². The number of anilines is 2. The quantitative estimate of drug-likeness (QED) is 0.871. The van der Waals surface area contributed by atoms with Crippen molar-refractivity contribution in [3.8, 4) is 0 Å². The zero-order chi connectivity index (χ0) is 15.4. The Morgan fingerprint density at radius 1 is 1.09 bits per heavy atom. The van der Waals surface area contributed by atoms with E-state index in [9.17, 15) is 4.79 Å². The Morgan fingerprint density at radius 3 is 2.64 bits per heavy atom. The molecule has 1 aliphatic heterocycles. The number of carbonyl (C=O) groups excluding carboxylic acids is 1. The van der Waals surface area contributed by atoms with E-state index in [-0.39, 0.29) is 11.1 Å². The van der Waals surface area contributed by atoms with E-state index in [4.69, 9.17) is 11.6 Å². The maximum atomic E-state index is 12.4. The van der Waals surface area contributed by atoms with Crippen LogP contribution in [0, 0.1) is 0 Å². The number of benzene rings is 1. The lowest BCUT2D eigenvalue weighted by atomic mass is 10.1. The molecule has 1 aromatic carbocycles. The number of carbonyl (C=O) groups is 1. The van der Waals surface area contributed by atoms with Crippen LogP contribution in [0.5, 0.6) is 0 Å². The summed E-state index contributed by atoms with van der Waals surface area (Å²) in [4.78, 5) is 18.7. The molecule has 1 N–H and O–H groups in total. The van der Waals surface area contributed by atoms with Gasteiger partial charge in [-0.1, -0.05) is 23.7 Å². The molecule has 2 heterocycles. The molecule has 22 heavy (non-hydrogen) atoms. The lowest BCUT2D eigenvalue weighted by Gasteiger charge is -2.30. The van der Waals surface area contributed by atoms with Gasteiger partial charge in [0.2, 0.25) is 0 Å². The van der Waals surface area contributed by atoms with Crippen molar-refractivity contribution in [2.75, 3.05) is 23.3 Å². The zero-order valence-electron chi connectivity index (χ0n) is 12.3. The number of hydrogen-bond acceptors (Lipinski definition) is 3. The fraction of sp³-hybridized carbons (Fsp3) is 0.294. The van der Waals surface area contributed by atoms with Crippen LogP contribution in [0.15, 0.2) is 42.6 Å². The summed E-state index contributed by atoms with van der Waals surface area (Å²) in [6.45, 7) is 2.06. The highest BCUT2D eigenvalue weighted by molar-refractivity contribution is 6.33. The Hall–Kier alpha value is -2.07. The van der Waals surface area contributed by atoms with Crippen LogP contribution < -0.4 is 10.2 Å². The summed E-state index contributed by atoms with van der Waals surface area (Å²) < 4.78 is 0. The fourth-order valence-corrected chi connectivity index (χ4v) is 2.94. The molecule has 1 aromatic heterocycles. The first kappa shape index (κ1) is 14.9. The van der Waals surface area contributed by atoms with E-state index in [2.05, 4.69) is 15.2 Å². The Morgan fingerprint density at radius 2 is 1.86 bits per heavy atom. The van der Waals surface area contributed by atoms with Gasteiger partial charge in [-0.2, -0.15) is 0 Å². The third kappa shape index (κ3) is 3.22. The van der Waals surface area contributed by atoms with Gasteiger partial charge in [-0.25, -0.2) is 4.98 Å². The molecular formula is C17H18ClN3O. The highest BCUT2D eigenvalue weighted by Gasteiger charge is 2.17. The van der Waals surface area contributed by atoms with E-state index in [0.29, 0.717) is 5.56 Å². The van der Waals surface area contributed by atoms with Crippen molar-refractivity contribution in [1.82, 2.24) is 4.98 Å². The Balaban J connectivity index is 1.83. The standard InChI is InChI=1S/C17H18ClN3O/c18-16-13(7-6-10-19-16)17(22)20-14-8-2-3-9-15(14)21-11-4-1-5-12-21/h2-3,6-10H,1,4-5,11-12H2,(H,20,22). The number of halogens is 1. The molecule has 4 nitrogen and oxygen atoms in total.